The summed E-state index contributed by atoms with van der Waals surface area (Å²) < 4.78 is 1.82. The van der Waals surface area contributed by atoms with Gasteiger partial charge in [0.2, 0.25) is 5.91 Å². The molecule has 1 saturated heterocycles. The molecule has 1 aliphatic rings. The fourth-order valence-electron chi connectivity index (χ4n) is 3.00. The predicted molar refractivity (Wildman–Crippen MR) is 80.8 cm³/mol. The summed E-state index contributed by atoms with van der Waals surface area (Å²) in [5.41, 5.74) is 2.77. The van der Waals surface area contributed by atoms with E-state index in [-0.39, 0.29) is 11.9 Å². The maximum Gasteiger partial charge on any atom is 0.241 e. The van der Waals surface area contributed by atoms with Crippen LogP contribution >= 0.6 is 0 Å². The van der Waals surface area contributed by atoms with Crippen molar-refractivity contribution in [1.82, 2.24) is 14.7 Å². The van der Waals surface area contributed by atoms with E-state index in [0.717, 1.165) is 49.4 Å². The zero-order valence-corrected chi connectivity index (χ0v) is 13.1. The van der Waals surface area contributed by atoms with Crippen LogP contribution < -0.4 is 5.32 Å². The SMILES string of the molecule is CCCN1CCCC[C@H]1C(=O)Nc1c(C)nn(C)c1C. The van der Waals surface area contributed by atoms with Gasteiger partial charge in [0.05, 0.1) is 23.1 Å². The molecular weight excluding hydrogens is 252 g/mol. The number of carbonyl (C=O) groups is 1. The van der Waals surface area contributed by atoms with Gasteiger partial charge in [-0.1, -0.05) is 13.3 Å². The summed E-state index contributed by atoms with van der Waals surface area (Å²) in [7, 11) is 1.90. The minimum atomic E-state index is 0.0164. The molecule has 2 rings (SSSR count). The van der Waals surface area contributed by atoms with Crippen LogP contribution in [0, 0.1) is 13.8 Å². The Morgan fingerprint density at radius 3 is 2.75 bits per heavy atom. The smallest absolute Gasteiger partial charge is 0.241 e. The normalized spacial score (nSPS) is 20.1. The van der Waals surface area contributed by atoms with E-state index in [0.29, 0.717) is 0 Å². The van der Waals surface area contributed by atoms with Gasteiger partial charge in [-0.3, -0.25) is 14.4 Å². The Balaban J connectivity index is 2.10. The standard InChI is InChI=1S/C15H26N4O/c1-5-9-19-10-7-6-8-13(19)15(20)16-14-11(2)17-18(4)12(14)3/h13H,5-10H2,1-4H3,(H,16,20)/t13-/m0/s1. The highest BCUT2D eigenvalue weighted by Gasteiger charge is 2.28. The van der Waals surface area contributed by atoms with Crippen molar-refractivity contribution in [2.45, 2.75) is 52.5 Å². The van der Waals surface area contributed by atoms with E-state index in [4.69, 9.17) is 0 Å². The summed E-state index contributed by atoms with van der Waals surface area (Å²) in [4.78, 5) is 14.9. The van der Waals surface area contributed by atoms with Gasteiger partial charge in [0.1, 0.15) is 0 Å². The summed E-state index contributed by atoms with van der Waals surface area (Å²) in [6.07, 6.45) is 4.40. The second kappa shape index (κ2) is 6.39. The van der Waals surface area contributed by atoms with Crippen LogP contribution in [-0.2, 0) is 11.8 Å². The van der Waals surface area contributed by atoms with Gasteiger partial charge in [-0.25, -0.2) is 0 Å². The first-order valence-electron chi connectivity index (χ1n) is 7.59. The van der Waals surface area contributed by atoms with Crippen molar-refractivity contribution in [1.29, 1.82) is 0 Å². The second-order valence-electron chi connectivity index (χ2n) is 5.71. The molecule has 0 aliphatic carbocycles. The summed E-state index contributed by atoms with van der Waals surface area (Å²) in [5, 5.41) is 7.45. The molecule has 20 heavy (non-hydrogen) atoms. The van der Waals surface area contributed by atoms with Crippen molar-refractivity contribution in [2.24, 2.45) is 7.05 Å². The molecule has 0 spiro atoms. The fourth-order valence-corrected chi connectivity index (χ4v) is 3.00. The number of piperidine rings is 1. The maximum atomic E-state index is 12.6. The fraction of sp³-hybridized carbons (Fsp3) is 0.733. The third kappa shape index (κ3) is 3.03. The average Bonchev–Trinajstić information content (AvgIpc) is 2.66. The molecule has 1 N–H and O–H groups in total. The number of hydrogen-bond acceptors (Lipinski definition) is 3. The predicted octanol–water partition coefficient (Wildman–Crippen LogP) is 2.24. The molecule has 0 bridgehead atoms. The van der Waals surface area contributed by atoms with Gasteiger partial charge in [0.25, 0.3) is 0 Å². The van der Waals surface area contributed by atoms with Crippen LogP contribution in [0.1, 0.15) is 44.0 Å². The molecule has 1 amide bonds. The summed E-state index contributed by atoms with van der Waals surface area (Å²) >= 11 is 0. The first-order chi connectivity index (χ1) is 9.54. The van der Waals surface area contributed by atoms with Crippen molar-refractivity contribution in [3.8, 4) is 0 Å². The highest BCUT2D eigenvalue weighted by Crippen LogP contribution is 2.22. The first-order valence-corrected chi connectivity index (χ1v) is 7.59. The number of anilines is 1. The van der Waals surface area contributed by atoms with Crippen LogP contribution in [-0.4, -0.2) is 39.7 Å². The summed E-state index contributed by atoms with van der Waals surface area (Å²) in [6.45, 7) is 8.13. The number of aryl methyl sites for hydroxylation is 2. The molecule has 1 aliphatic heterocycles. The molecule has 5 heteroatoms. The number of nitrogens with one attached hydrogen (secondary N) is 1. The van der Waals surface area contributed by atoms with E-state index in [9.17, 15) is 4.79 Å². The van der Waals surface area contributed by atoms with Crippen LogP contribution in [0.25, 0.3) is 0 Å². The largest absolute Gasteiger partial charge is 0.322 e. The number of hydrogen-bond donors (Lipinski definition) is 1. The van der Waals surface area contributed by atoms with E-state index in [1.807, 2.05) is 25.6 Å². The lowest BCUT2D eigenvalue weighted by molar-refractivity contribution is -0.122. The number of amides is 1. The van der Waals surface area contributed by atoms with Crippen LogP contribution in [0.4, 0.5) is 5.69 Å². The average molecular weight is 278 g/mol. The highest BCUT2D eigenvalue weighted by atomic mass is 16.2. The molecule has 0 radical (unpaired) electrons. The van der Waals surface area contributed by atoms with Gasteiger partial charge in [-0.15, -0.1) is 0 Å². The Morgan fingerprint density at radius 1 is 1.40 bits per heavy atom. The van der Waals surface area contributed by atoms with Crippen LogP contribution in [0.5, 0.6) is 0 Å². The van der Waals surface area contributed by atoms with E-state index in [1.165, 1.54) is 6.42 Å². The molecule has 1 atom stereocenters. The minimum Gasteiger partial charge on any atom is -0.322 e. The van der Waals surface area contributed by atoms with Crippen LogP contribution in [0.2, 0.25) is 0 Å². The van der Waals surface area contributed by atoms with Crippen LogP contribution in [0.3, 0.4) is 0 Å². The van der Waals surface area contributed by atoms with E-state index >= 15 is 0 Å². The third-order valence-corrected chi connectivity index (χ3v) is 4.18. The topological polar surface area (TPSA) is 50.2 Å². The van der Waals surface area contributed by atoms with Crippen molar-refractivity contribution >= 4 is 11.6 Å². The molecule has 0 saturated carbocycles. The summed E-state index contributed by atoms with van der Waals surface area (Å²) in [6, 6.07) is 0.0164. The molecule has 5 nitrogen and oxygen atoms in total. The Hall–Kier alpha value is -1.36. The molecule has 1 aromatic rings. The quantitative estimate of drug-likeness (QED) is 0.919. The molecule has 1 aromatic heterocycles. The van der Waals surface area contributed by atoms with Gasteiger partial charge in [0.15, 0.2) is 0 Å². The van der Waals surface area contributed by atoms with Crippen molar-refractivity contribution < 1.29 is 4.79 Å². The van der Waals surface area contributed by atoms with Gasteiger partial charge >= 0.3 is 0 Å². The molecule has 2 heterocycles. The Bertz CT molecular complexity index is 478. The van der Waals surface area contributed by atoms with Gasteiger partial charge < -0.3 is 5.32 Å². The number of nitrogens with zero attached hydrogens (tertiary/aromatic N) is 3. The molecule has 0 aromatic carbocycles. The van der Waals surface area contributed by atoms with Gasteiger partial charge in [-0.05, 0) is 46.2 Å². The first kappa shape index (κ1) is 15.0. The number of aromatic nitrogens is 2. The zero-order valence-electron chi connectivity index (χ0n) is 13.1. The Labute approximate surface area is 121 Å². The number of likely N-dealkylation sites (tertiary alicyclic amines) is 1. The van der Waals surface area contributed by atoms with E-state index < -0.39 is 0 Å². The third-order valence-electron chi connectivity index (χ3n) is 4.18. The monoisotopic (exact) mass is 278 g/mol. The number of carbonyl (C=O) groups excluding carboxylic acids is 1. The summed E-state index contributed by atoms with van der Waals surface area (Å²) in [5.74, 6) is 0.123. The Morgan fingerprint density at radius 2 is 2.15 bits per heavy atom. The Kier molecular flexibility index (Phi) is 4.81. The van der Waals surface area contributed by atoms with E-state index in [2.05, 4.69) is 22.2 Å². The van der Waals surface area contributed by atoms with Crippen molar-refractivity contribution in [3.05, 3.63) is 11.4 Å². The minimum absolute atomic E-state index is 0.0164. The molecule has 112 valence electrons. The van der Waals surface area contributed by atoms with Gasteiger partial charge in [-0.2, -0.15) is 5.10 Å². The second-order valence-corrected chi connectivity index (χ2v) is 5.71. The number of rotatable bonds is 4. The molecule has 0 unspecified atom stereocenters. The lowest BCUT2D eigenvalue weighted by Crippen LogP contribution is -2.47. The lowest BCUT2D eigenvalue weighted by atomic mass is 10.0. The van der Waals surface area contributed by atoms with E-state index in [1.54, 1.807) is 0 Å². The van der Waals surface area contributed by atoms with Crippen LogP contribution in [0.15, 0.2) is 0 Å². The van der Waals surface area contributed by atoms with Crippen molar-refractivity contribution in [2.75, 3.05) is 18.4 Å². The van der Waals surface area contributed by atoms with Crippen molar-refractivity contribution in [3.63, 3.8) is 0 Å². The maximum absolute atomic E-state index is 12.6. The van der Waals surface area contributed by atoms with Gasteiger partial charge in [0, 0.05) is 7.05 Å². The zero-order chi connectivity index (χ0) is 14.7. The molecular formula is C15H26N4O. The lowest BCUT2D eigenvalue weighted by Gasteiger charge is -2.34. The highest BCUT2D eigenvalue weighted by molar-refractivity contribution is 5.95. The molecule has 1 fully saturated rings.